The van der Waals surface area contributed by atoms with E-state index < -0.39 is 0 Å². The smallest absolute Gasteiger partial charge is 0.224 e. The minimum Gasteiger partial charge on any atom is -0.496 e. The highest BCUT2D eigenvalue weighted by Crippen LogP contribution is 2.33. The van der Waals surface area contributed by atoms with Crippen LogP contribution in [0.1, 0.15) is 12.0 Å². The fraction of sp³-hybridized carbons (Fsp3) is 0.316. The van der Waals surface area contributed by atoms with E-state index in [1.54, 1.807) is 7.11 Å². The van der Waals surface area contributed by atoms with Crippen molar-refractivity contribution >= 4 is 17.3 Å². The summed E-state index contributed by atoms with van der Waals surface area (Å²) in [6, 6.07) is 13.5. The van der Waals surface area contributed by atoms with Crippen LogP contribution in [-0.2, 0) is 11.2 Å². The first kappa shape index (κ1) is 16.2. The van der Waals surface area contributed by atoms with Crippen molar-refractivity contribution in [3.05, 3.63) is 48.0 Å². The molecule has 1 aliphatic heterocycles. The van der Waals surface area contributed by atoms with Gasteiger partial charge >= 0.3 is 0 Å². The SMILES string of the molecule is COc1ccccc1CCC(=O)Nc1ccc2c(c1)OCCN2C. The molecule has 5 heteroatoms. The van der Waals surface area contributed by atoms with Gasteiger partial charge in [-0.25, -0.2) is 0 Å². The van der Waals surface area contributed by atoms with E-state index in [4.69, 9.17) is 9.47 Å². The highest BCUT2D eigenvalue weighted by Gasteiger charge is 2.15. The number of hydrogen-bond donors (Lipinski definition) is 1. The van der Waals surface area contributed by atoms with Crippen molar-refractivity contribution in [3.63, 3.8) is 0 Å². The lowest BCUT2D eigenvalue weighted by Gasteiger charge is -2.27. The molecule has 0 saturated heterocycles. The number of hydrogen-bond acceptors (Lipinski definition) is 4. The van der Waals surface area contributed by atoms with E-state index in [1.165, 1.54) is 0 Å². The summed E-state index contributed by atoms with van der Waals surface area (Å²) in [5.74, 6) is 1.60. The van der Waals surface area contributed by atoms with Crippen molar-refractivity contribution in [2.24, 2.45) is 0 Å². The summed E-state index contributed by atoms with van der Waals surface area (Å²) < 4.78 is 11.0. The van der Waals surface area contributed by atoms with Crippen LogP contribution >= 0.6 is 0 Å². The number of amides is 1. The Kier molecular flexibility index (Phi) is 4.89. The molecule has 0 saturated carbocycles. The Morgan fingerprint density at radius 3 is 2.96 bits per heavy atom. The summed E-state index contributed by atoms with van der Waals surface area (Å²) in [5, 5.41) is 2.94. The lowest BCUT2D eigenvalue weighted by atomic mass is 10.1. The molecule has 0 unspecified atom stereocenters. The molecule has 0 aromatic heterocycles. The third kappa shape index (κ3) is 3.62. The predicted molar refractivity (Wildman–Crippen MR) is 95.2 cm³/mol. The number of para-hydroxylation sites is 1. The molecule has 0 fully saturated rings. The first-order valence-electron chi connectivity index (χ1n) is 8.07. The maximum Gasteiger partial charge on any atom is 0.224 e. The summed E-state index contributed by atoms with van der Waals surface area (Å²) in [5.41, 5.74) is 2.84. The molecular weight excluding hydrogens is 304 g/mol. The van der Waals surface area contributed by atoms with E-state index in [0.717, 1.165) is 35.0 Å². The van der Waals surface area contributed by atoms with E-state index in [1.807, 2.05) is 49.5 Å². The Balaban J connectivity index is 1.61. The van der Waals surface area contributed by atoms with Crippen molar-refractivity contribution in [2.45, 2.75) is 12.8 Å². The van der Waals surface area contributed by atoms with Gasteiger partial charge in [-0.15, -0.1) is 0 Å². The number of fused-ring (bicyclic) bond motifs is 1. The standard InChI is InChI=1S/C19H22N2O3/c1-21-11-12-24-18-13-15(8-9-16(18)21)20-19(22)10-7-14-5-3-4-6-17(14)23-2/h3-6,8-9,13H,7,10-12H2,1-2H3,(H,20,22). The molecule has 24 heavy (non-hydrogen) atoms. The van der Waals surface area contributed by atoms with Gasteiger partial charge in [0, 0.05) is 25.2 Å². The van der Waals surface area contributed by atoms with Gasteiger partial charge in [0.25, 0.3) is 0 Å². The molecule has 0 spiro atoms. The molecule has 0 radical (unpaired) electrons. The van der Waals surface area contributed by atoms with E-state index in [0.29, 0.717) is 19.4 Å². The van der Waals surface area contributed by atoms with Gasteiger partial charge in [0.1, 0.15) is 18.1 Å². The summed E-state index contributed by atoms with van der Waals surface area (Å²) in [4.78, 5) is 14.4. The molecule has 0 bridgehead atoms. The Bertz CT molecular complexity index is 730. The number of likely N-dealkylation sites (N-methyl/N-ethyl adjacent to an activating group) is 1. The highest BCUT2D eigenvalue weighted by atomic mass is 16.5. The summed E-state index contributed by atoms with van der Waals surface area (Å²) in [7, 11) is 3.68. The molecule has 0 atom stereocenters. The van der Waals surface area contributed by atoms with Crippen molar-refractivity contribution in [3.8, 4) is 11.5 Å². The van der Waals surface area contributed by atoms with E-state index in [9.17, 15) is 4.79 Å². The molecule has 1 heterocycles. The Labute approximate surface area is 142 Å². The average molecular weight is 326 g/mol. The van der Waals surface area contributed by atoms with Crippen molar-refractivity contribution in [1.82, 2.24) is 0 Å². The molecule has 5 nitrogen and oxygen atoms in total. The molecular formula is C19H22N2O3. The number of carbonyl (C=O) groups excluding carboxylic acids is 1. The van der Waals surface area contributed by atoms with Gasteiger partial charge in [0.2, 0.25) is 5.91 Å². The van der Waals surface area contributed by atoms with Crippen molar-refractivity contribution < 1.29 is 14.3 Å². The van der Waals surface area contributed by atoms with Gasteiger partial charge < -0.3 is 19.7 Å². The second-order valence-electron chi connectivity index (χ2n) is 5.81. The normalized spacial score (nSPS) is 13.0. The van der Waals surface area contributed by atoms with Gasteiger partial charge in [-0.1, -0.05) is 18.2 Å². The molecule has 1 aliphatic rings. The number of aryl methyl sites for hydroxylation is 1. The molecule has 2 aromatic rings. The minimum absolute atomic E-state index is 0.0231. The maximum atomic E-state index is 12.2. The first-order chi connectivity index (χ1) is 11.7. The molecule has 126 valence electrons. The number of ether oxygens (including phenoxy) is 2. The zero-order valence-electron chi connectivity index (χ0n) is 14.0. The lowest BCUT2D eigenvalue weighted by molar-refractivity contribution is -0.116. The van der Waals surface area contributed by atoms with Gasteiger partial charge in [0.15, 0.2) is 0 Å². The van der Waals surface area contributed by atoms with Crippen molar-refractivity contribution in [2.75, 3.05) is 37.5 Å². The summed E-state index contributed by atoms with van der Waals surface area (Å²) in [6.07, 6.45) is 1.04. The van der Waals surface area contributed by atoms with Crippen LogP contribution in [0.25, 0.3) is 0 Å². The fourth-order valence-corrected chi connectivity index (χ4v) is 2.82. The third-order valence-electron chi connectivity index (χ3n) is 4.15. The number of anilines is 2. The van der Waals surface area contributed by atoms with Crippen LogP contribution in [-0.4, -0.2) is 33.2 Å². The van der Waals surface area contributed by atoms with E-state index >= 15 is 0 Å². The zero-order chi connectivity index (χ0) is 16.9. The van der Waals surface area contributed by atoms with Crippen LogP contribution in [0.2, 0.25) is 0 Å². The Hall–Kier alpha value is -2.69. The van der Waals surface area contributed by atoms with Crippen LogP contribution in [0.4, 0.5) is 11.4 Å². The third-order valence-corrected chi connectivity index (χ3v) is 4.15. The molecule has 2 aromatic carbocycles. The lowest BCUT2D eigenvalue weighted by Crippen LogP contribution is -2.28. The quantitative estimate of drug-likeness (QED) is 0.917. The number of nitrogens with zero attached hydrogens (tertiary/aromatic N) is 1. The van der Waals surface area contributed by atoms with Crippen LogP contribution in [0, 0.1) is 0 Å². The Morgan fingerprint density at radius 1 is 1.29 bits per heavy atom. The second kappa shape index (κ2) is 7.25. The topological polar surface area (TPSA) is 50.8 Å². The summed E-state index contributed by atoms with van der Waals surface area (Å²) >= 11 is 0. The highest BCUT2D eigenvalue weighted by molar-refractivity contribution is 5.91. The number of benzene rings is 2. The van der Waals surface area contributed by atoms with E-state index in [-0.39, 0.29) is 5.91 Å². The fourth-order valence-electron chi connectivity index (χ4n) is 2.82. The number of methoxy groups -OCH3 is 1. The maximum absolute atomic E-state index is 12.2. The van der Waals surface area contributed by atoms with Crippen LogP contribution < -0.4 is 19.7 Å². The van der Waals surface area contributed by atoms with Gasteiger partial charge in [-0.3, -0.25) is 4.79 Å². The minimum atomic E-state index is -0.0231. The predicted octanol–water partition coefficient (Wildman–Crippen LogP) is 3.10. The number of rotatable bonds is 5. The average Bonchev–Trinajstić information content (AvgIpc) is 2.60. The van der Waals surface area contributed by atoms with Crippen LogP contribution in [0.3, 0.4) is 0 Å². The Morgan fingerprint density at radius 2 is 2.12 bits per heavy atom. The first-order valence-corrected chi connectivity index (χ1v) is 8.07. The zero-order valence-corrected chi connectivity index (χ0v) is 14.0. The van der Waals surface area contributed by atoms with E-state index in [2.05, 4.69) is 10.2 Å². The largest absolute Gasteiger partial charge is 0.496 e. The molecule has 3 rings (SSSR count). The number of nitrogens with one attached hydrogen (secondary N) is 1. The number of carbonyl (C=O) groups is 1. The van der Waals surface area contributed by atoms with Gasteiger partial charge in [-0.2, -0.15) is 0 Å². The molecule has 1 N–H and O–H groups in total. The van der Waals surface area contributed by atoms with Gasteiger partial charge in [0.05, 0.1) is 19.3 Å². The molecule has 0 aliphatic carbocycles. The molecule has 1 amide bonds. The van der Waals surface area contributed by atoms with Gasteiger partial charge in [-0.05, 0) is 30.2 Å². The second-order valence-corrected chi connectivity index (χ2v) is 5.81. The monoisotopic (exact) mass is 326 g/mol. The van der Waals surface area contributed by atoms with Crippen molar-refractivity contribution in [1.29, 1.82) is 0 Å². The van der Waals surface area contributed by atoms with Crippen LogP contribution in [0.15, 0.2) is 42.5 Å². The van der Waals surface area contributed by atoms with Crippen LogP contribution in [0.5, 0.6) is 11.5 Å². The summed E-state index contributed by atoms with van der Waals surface area (Å²) in [6.45, 7) is 1.53.